The SMILES string of the molecule is CC(C)N1CCC(Nc2ccc(C(F)(F)F)cc2C#N)C1. The van der Waals surface area contributed by atoms with Crippen LogP contribution in [-0.4, -0.2) is 30.1 Å². The van der Waals surface area contributed by atoms with E-state index in [0.717, 1.165) is 31.6 Å². The molecule has 0 amide bonds. The van der Waals surface area contributed by atoms with Gasteiger partial charge in [-0.3, -0.25) is 4.90 Å². The number of nitrogens with one attached hydrogen (secondary N) is 1. The minimum Gasteiger partial charge on any atom is -0.380 e. The minimum atomic E-state index is -4.42. The third-order valence-electron chi connectivity index (χ3n) is 3.78. The lowest BCUT2D eigenvalue weighted by atomic mass is 10.1. The van der Waals surface area contributed by atoms with Gasteiger partial charge in [0.1, 0.15) is 6.07 Å². The zero-order chi connectivity index (χ0) is 15.6. The summed E-state index contributed by atoms with van der Waals surface area (Å²) in [6, 6.07) is 5.71. The van der Waals surface area contributed by atoms with E-state index in [1.807, 2.05) is 6.07 Å². The van der Waals surface area contributed by atoms with Gasteiger partial charge in [-0.15, -0.1) is 0 Å². The Morgan fingerprint density at radius 1 is 1.38 bits per heavy atom. The van der Waals surface area contributed by atoms with E-state index < -0.39 is 11.7 Å². The van der Waals surface area contributed by atoms with Crippen LogP contribution in [0.1, 0.15) is 31.4 Å². The molecule has 21 heavy (non-hydrogen) atoms. The molecule has 0 aromatic heterocycles. The summed E-state index contributed by atoms with van der Waals surface area (Å²) in [4.78, 5) is 2.30. The Balaban J connectivity index is 2.13. The number of hydrogen-bond acceptors (Lipinski definition) is 3. The smallest absolute Gasteiger partial charge is 0.380 e. The van der Waals surface area contributed by atoms with Gasteiger partial charge >= 0.3 is 6.18 Å². The van der Waals surface area contributed by atoms with Crippen molar-refractivity contribution in [1.82, 2.24) is 4.90 Å². The second-order valence-corrected chi connectivity index (χ2v) is 5.59. The van der Waals surface area contributed by atoms with Gasteiger partial charge in [-0.25, -0.2) is 0 Å². The molecule has 1 heterocycles. The molecular weight excluding hydrogens is 279 g/mol. The number of benzene rings is 1. The normalized spacial score (nSPS) is 19.8. The van der Waals surface area contributed by atoms with Crippen molar-refractivity contribution in [2.75, 3.05) is 18.4 Å². The predicted octanol–water partition coefficient (Wildman–Crippen LogP) is 3.47. The van der Waals surface area contributed by atoms with Gasteiger partial charge in [-0.05, 0) is 38.5 Å². The molecule has 1 aliphatic rings. The van der Waals surface area contributed by atoms with Crippen LogP contribution in [0, 0.1) is 11.3 Å². The highest BCUT2D eigenvalue weighted by Gasteiger charge is 2.31. The van der Waals surface area contributed by atoms with Crippen LogP contribution in [0.2, 0.25) is 0 Å². The molecule has 1 unspecified atom stereocenters. The van der Waals surface area contributed by atoms with Crippen LogP contribution in [0.5, 0.6) is 0 Å². The summed E-state index contributed by atoms with van der Waals surface area (Å²) in [5.41, 5.74) is -0.284. The average Bonchev–Trinajstić information content (AvgIpc) is 2.86. The highest BCUT2D eigenvalue weighted by atomic mass is 19.4. The van der Waals surface area contributed by atoms with Crippen LogP contribution >= 0.6 is 0 Å². The standard InChI is InChI=1S/C15H18F3N3/c1-10(2)21-6-5-13(9-21)20-14-4-3-12(15(16,17)18)7-11(14)8-19/h3-4,7,10,13,20H,5-6,9H2,1-2H3. The zero-order valence-electron chi connectivity index (χ0n) is 12.0. The van der Waals surface area contributed by atoms with Crippen LogP contribution in [0.4, 0.5) is 18.9 Å². The third kappa shape index (κ3) is 3.67. The van der Waals surface area contributed by atoms with Crippen LogP contribution in [-0.2, 0) is 6.18 Å². The summed E-state index contributed by atoms with van der Waals surface area (Å²) < 4.78 is 37.9. The lowest BCUT2D eigenvalue weighted by Gasteiger charge is -2.21. The van der Waals surface area contributed by atoms with Gasteiger partial charge < -0.3 is 5.32 Å². The van der Waals surface area contributed by atoms with E-state index in [0.29, 0.717) is 11.7 Å². The summed E-state index contributed by atoms with van der Waals surface area (Å²) in [5.74, 6) is 0. The van der Waals surface area contributed by atoms with E-state index in [9.17, 15) is 13.2 Å². The van der Waals surface area contributed by atoms with E-state index in [1.54, 1.807) is 0 Å². The lowest BCUT2D eigenvalue weighted by molar-refractivity contribution is -0.137. The lowest BCUT2D eigenvalue weighted by Crippen LogP contribution is -2.31. The number of hydrogen-bond donors (Lipinski definition) is 1. The monoisotopic (exact) mass is 297 g/mol. The topological polar surface area (TPSA) is 39.1 Å². The summed E-state index contributed by atoms with van der Waals surface area (Å²) >= 11 is 0. The van der Waals surface area contributed by atoms with Crippen molar-refractivity contribution in [2.24, 2.45) is 0 Å². The second kappa shape index (κ2) is 5.94. The van der Waals surface area contributed by atoms with Gasteiger partial charge in [0.15, 0.2) is 0 Å². The summed E-state index contributed by atoms with van der Waals surface area (Å²) in [5, 5.41) is 12.2. The Kier molecular flexibility index (Phi) is 4.43. The van der Waals surface area contributed by atoms with E-state index >= 15 is 0 Å². The van der Waals surface area contributed by atoms with Gasteiger partial charge in [-0.2, -0.15) is 18.4 Å². The first-order chi connectivity index (χ1) is 9.81. The Morgan fingerprint density at radius 2 is 2.10 bits per heavy atom. The molecule has 6 heteroatoms. The fourth-order valence-corrected chi connectivity index (χ4v) is 2.53. The third-order valence-corrected chi connectivity index (χ3v) is 3.78. The molecule has 1 aromatic rings. The van der Waals surface area contributed by atoms with Crippen molar-refractivity contribution in [3.05, 3.63) is 29.3 Å². The van der Waals surface area contributed by atoms with Crippen molar-refractivity contribution in [2.45, 2.75) is 38.5 Å². The molecule has 0 saturated carbocycles. The Labute approximate surface area is 122 Å². The number of anilines is 1. The first-order valence-corrected chi connectivity index (χ1v) is 6.93. The van der Waals surface area contributed by atoms with Crippen molar-refractivity contribution in [1.29, 1.82) is 5.26 Å². The molecule has 0 spiro atoms. The van der Waals surface area contributed by atoms with E-state index in [2.05, 4.69) is 24.1 Å². The molecule has 0 radical (unpaired) electrons. The van der Waals surface area contributed by atoms with Crippen molar-refractivity contribution >= 4 is 5.69 Å². The number of halogens is 3. The molecule has 0 aliphatic carbocycles. The summed E-state index contributed by atoms with van der Waals surface area (Å²) in [7, 11) is 0. The molecule has 114 valence electrons. The zero-order valence-corrected chi connectivity index (χ0v) is 12.0. The van der Waals surface area contributed by atoms with E-state index in [-0.39, 0.29) is 11.6 Å². The van der Waals surface area contributed by atoms with Crippen LogP contribution in [0.25, 0.3) is 0 Å². The Morgan fingerprint density at radius 3 is 2.62 bits per heavy atom. The molecule has 1 saturated heterocycles. The first-order valence-electron chi connectivity index (χ1n) is 6.93. The number of rotatable bonds is 3. The maximum Gasteiger partial charge on any atom is 0.416 e. The van der Waals surface area contributed by atoms with Gasteiger partial charge in [0.25, 0.3) is 0 Å². The van der Waals surface area contributed by atoms with Crippen LogP contribution < -0.4 is 5.32 Å². The molecule has 2 rings (SSSR count). The van der Waals surface area contributed by atoms with Crippen molar-refractivity contribution in [3.8, 4) is 6.07 Å². The van der Waals surface area contributed by atoms with Crippen LogP contribution in [0.3, 0.4) is 0 Å². The fourth-order valence-electron chi connectivity index (χ4n) is 2.53. The molecule has 3 nitrogen and oxygen atoms in total. The maximum atomic E-state index is 12.6. The Bertz CT molecular complexity index is 546. The fraction of sp³-hybridized carbons (Fsp3) is 0.533. The average molecular weight is 297 g/mol. The molecular formula is C15H18F3N3. The number of likely N-dealkylation sites (tertiary alicyclic amines) is 1. The quantitative estimate of drug-likeness (QED) is 0.928. The van der Waals surface area contributed by atoms with E-state index in [4.69, 9.17) is 5.26 Å². The van der Waals surface area contributed by atoms with Gasteiger partial charge in [0.05, 0.1) is 16.8 Å². The number of nitriles is 1. The highest BCUT2D eigenvalue weighted by Crippen LogP contribution is 2.32. The molecule has 0 bridgehead atoms. The second-order valence-electron chi connectivity index (χ2n) is 5.59. The molecule has 1 N–H and O–H groups in total. The van der Waals surface area contributed by atoms with Crippen LogP contribution in [0.15, 0.2) is 18.2 Å². The minimum absolute atomic E-state index is 0.0350. The maximum absolute atomic E-state index is 12.6. The summed E-state index contributed by atoms with van der Waals surface area (Å²) in [6.07, 6.45) is -3.50. The number of nitrogens with zero attached hydrogens (tertiary/aromatic N) is 2. The first kappa shape index (κ1) is 15.6. The molecule has 1 aliphatic heterocycles. The van der Waals surface area contributed by atoms with Crippen molar-refractivity contribution < 1.29 is 13.2 Å². The summed E-state index contributed by atoms with van der Waals surface area (Å²) in [6.45, 7) is 6.02. The molecule has 1 atom stereocenters. The van der Waals surface area contributed by atoms with Gasteiger partial charge in [0.2, 0.25) is 0 Å². The molecule has 1 fully saturated rings. The van der Waals surface area contributed by atoms with Crippen molar-refractivity contribution in [3.63, 3.8) is 0 Å². The van der Waals surface area contributed by atoms with Gasteiger partial charge in [-0.1, -0.05) is 0 Å². The molecule has 1 aromatic carbocycles. The van der Waals surface area contributed by atoms with Gasteiger partial charge in [0, 0.05) is 25.2 Å². The number of alkyl halides is 3. The predicted molar refractivity (Wildman–Crippen MR) is 74.9 cm³/mol. The largest absolute Gasteiger partial charge is 0.416 e. The van der Waals surface area contributed by atoms with E-state index in [1.165, 1.54) is 6.07 Å². The highest BCUT2D eigenvalue weighted by molar-refractivity contribution is 5.59. The Hall–Kier alpha value is -1.74.